The number of rotatable bonds is 14. The maximum Gasteiger partial charge on any atom is 0.304 e. The Balaban J connectivity index is 2.67. The number of nitrogens with one attached hydrogen (secondary N) is 2. The smallest absolute Gasteiger partial charge is 0.304 e. The normalized spacial score (nSPS) is 12.8. The summed E-state index contributed by atoms with van der Waals surface area (Å²) in [4.78, 5) is 36.1. The molecule has 0 aliphatic rings. The molecule has 28 heavy (non-hydrogen) atoms. The number of carbonyl (C=O) groups excluding carboxylic acids is 2. The first-order valence-electron chi connectivity index (χ1n) is 10.3. The second-order valence-corrected chi connectivity index (χ2v) is 7.22. The minimum Gasteiger partial charge on any atom is -0.481 e. The molecule has 0 bridgehead atoms. The minimum absolute atomic E-state index is 0.216. The SMILES string of the molecule is CCCCCCCC[C@H](CC(=O)O)C(=O)N[C@@H](Cc1ccccc1)C(=O)NC. The third kappa shape index (κ3) is 9.53. The molecule has 1 aromatic rings. The molecular weight excluding hydrogens is 356 g/mol. The highest BCUT2D eigenvalue weighted by atomic mass is 16.4. The monoisotopic (exact) mass is 390 g/mol. The summed E-state index contributed by atoms with van der Waals surface area (Å²) in [5.74, 6) is -2.26. The van der Waals surface area contributed by atoms with Crippen LogP contribution in [0.2, 0.25) is 0 Å². The topological polar surface area (TPSA) is 95.5 Å². The average molecular weight is 391 g/mol. The van der Waals surface area contributed by atoms with Crippen LogP contribution in [0.25, 0.3) is 0 Å². The number of benzene rings is 1. The van der Waals surface area contributed by atoms with Gasteiger partial charge in [0.2, 0.25) is 11.8 Å². The van der Waals surface area contributed by atoms with Crippen molar-refractivity contribution in [1.29, 1.82) is 0 Å². The van der Waals surface area contributed by atoms with Crippen molar-refractivity contribution in [2.24, 2.45) is 5.92 Å². The van der Waals surface area contributed by atoms with Crippen LogP contribution in [0.4, 0.5) is 0 Å². The maximum atomic E-state index is 12.7. The number of likely N-dealkylation sites (N-methyl/N-ethyl adjacent to an activating group) is 1. The first-order valence-corrected chi connectivity index (χ1v) is 10.3. The number of amides is 2. The lowest BCUT2D eigenvalue weighted by atomic mass is 9.95. The summed E-state index contributed by atoms with van der Waals surface area (Å²) in [6.07, 6.45) is 7.13. The second kappa shape index (κ2) is 13.7. The molecule has 0 radical (unpaired) electrons. The number of carboxylic acids is 1. The number of hydrogen-bond acceptors (Lipinski definition) is 3. The molecule has 0 saturated heterocycles. The summed E-state index contributed by atoms with van der Waals surface area (Å²) in [6, 6.07) is 8.72. The van der Waals surface area contributed by atoms with Crippen LogP contribution < -0.4 is 10.6 Å². The van der Waals surface area contributed by atoms with Gasteiger partial charge in [0.15, 0.2) is 0 Å². The van der Waals surface area contributed by atoms with Gasteiger partial charge >= 0.3 is 5.97 Å². The van der Waals surface area contributed by atoms with E-state index in [-0.39, 0.29) is 18.2 Å². The summed E-state index contributed by atoms with van der Waals surface area (Å²) in [7, 11) is 1.53. The van der Waals surface area contributed by atoms with Gasteiger partial charge in [0, 0.05) is 19.4 Å². The zero-order valence-corrected chi connectivity index (χ0v) is 17.1. The fourth-order valence-electron chi connectivity index (χ4n) is 3.23. The van der Waals surface area contributed by atoms with Crippen molar-refractivity contribution in [2.45, 2.75) is 70.8 Å². The van der Waals surface area contributed by atoms with Crippen LogP contribution in [0, 0.1) is 5.92 Å². The highest BCUT2D eigenvalue weighted by molar-refractivity contribution is 5.89. The van der Waals surface area contributed by atoms with Gasteiger partial charge in [0.05, 0.1) is 6.42 Å². The molecule has 0 unspecified atom stereocenters. The molecule has 0 heterocycles. The van der Waals surface area contributed by atoms with Crippen LogP contribution in [0.3, 0.4) is 0 Å². The van der Waals surface area contributed by atoms with Crippen LogP contribution in [0.1, 0.15) is 63.9 Å². The van der Waals surface area contributed by atoms with E-state index >= 15 is 0 Å². The van der Waals surface area contributed by atoms with Gasteiger partial charge in [-0.15, -0.1) is 0 Å². The van der Waals surface area contributed by atoms with Gasteiger partial charge in [-0.2, -0.15) is 0 Å². The van der Waals surface area contributed by atoms with Crippen molar-refractivity contribution in [1.82, 2.24) is 10.6 Å². The van der Waals surface area contributed by atoms with E-state index in [1.165, 1.54) is 26.3 Å². The van der Waals surface area contributed by atoms with Gasteiger partial charge < -0.3 is 15.7 Å². The molecule has 3 N–H and O–H groups in total. The van der Waals surface area contributed by atoms with Gasteiger partial charge in [0.25, 0.3) is 0 Å². The van der Waals surface area contributed by atoms with Gasteiger partial charge in [-0.3, -0.25) is 14.4 Å². The van der Waals surface area contributed by atoms with E-state index in [2.05, 4.69) is 17.6 Å². The number of carboxylic acid groups (broad SMARTS) is 1. The molecule has 0 saturated carbocycles. The summed E-state index contributed by atoms with van der Waals surface area (Å²) >= 11 is 0. The van der Waals surface area contributed by atoms with Crippen LogP contribution >= 0.6 is 0 Å². The molecule has 6 heteroatoms. The highest BCUT2D eigenvalue weighted by Gasteiger charge is 2.26. The predicted molar refractivity (Wildman–Crippen MR) is 110 cm³/mol. The second-order valence-electron chi connectivity index (χ2n) is 7.22. The van der Waals surface area contributed by atoms with E-state index in [1.54, 1.807) is 0 Å². The molecule has 0 spiro atoms. The van der Waals surface area contributed by atoms with Gasteiger partial charge in [-0.1, -0.05) is 75.8 Å². The Bertz CT molecular complexity index is 604. The highest BCUT2D eigenvalue weighted by Crippen LogP contribution is 2.17. The predicted octanol–water partition coefficient (Wildman–Crippen LogP) is 3.30. The summed E-state index contributed by atoms with van der Waals surface area (Å²) < 4.78 is 0. The average Bonchev–Trinajstić information content (AvgIpc) is 2.69. The standard InChI is InChI=1S/C22H34N2O4/c1-3-4-5-6-7-11-14-18(16-20(25)26)21(27)24-19(22(28)23-2)15-17-12-9-8-10-13-17/h8-10,12-13,18-19H,3-7,11,14-16H2,1-2H3,(H,23,28)(H,24,27)(H,25,26)/t18-,19+/m1/s1. The lowest BCUT2D eigenvalue weighted by molar-refractivity contribution is -0.141. The Morgan fingerprint density at radius 2 is 1.61 bits per heavy atom. The molecule has 0 aromatic heterocycles. The van der Waals surface area contributed by atoms with Crippen molar-refractivity contribution >= 4 is 17.8 Å². The van der Waals surface area contributed by atoms with Crippen molar-refractivity contribution in [3.8, 4) is 0 Å². The Morgan fingerprint density at radius 3 is 2.21 bits per heavy atom. The zero-order valence-electron chi connectivity index (χ0n) is 17.1. The maximum absolute atomic E-state index is 12.7. The summed E-state index contributed by atoms with van der Waals surface area (Å²) in [5, 5.41) is 14.5. The van der Waals surface area contributed by atoms with Crippen molar-refractivity contribution in [3.05, 3.63) is 35.9 Å². The largest absolute Gasteiger partial charge is 0.481 e. The molecule has 6 nitrogen and oxygen atoms in total. The third-order valence-corrected chi connectivity index (χ3v) is 4.86. The van der Waals surface area contributed by atoms with Crippen LogP contribution in [-0.4, -0.2) is 36.0 Å². The Hall–Kier alpha value is -2.37. The van der Waals surface area contributed by atoms with Crippen molar-refractivity contribution < 1.29 is 19.5 Å². The molecule has 0 aliphatic heterocycles. The van der Waals surface area contributed by atoms with Crippen LogP contribution in [0.15, 0.2) is 30.3 Å². The molecule has 0 fully saturated rings. The summed E-state index contributed by atoms with van der Waals surface area (Å²) in [5.41, 5.74) is 0.933. The molecule has 156 valence electrons. The molecular formula is C22H34N2O4. The lowest BCUT2D eigenvalue weighted by Crippen LogP contribution is -2.49. The molecule has 0 aliphatic carbocycles. The zero-order chi connectivity index (χ0) is 20.8. The lowest BCUT2D eigenvalue weighted by Gasteiger charge is -2.21. The van der Waals surface area contributed by atoms with E-state index < -0.39 is 17.9 Å². The third-order valence-electron chi connectivity index (χ3n) is 4.86. The van der Waals surface area contributed by atoms with E-state index in [0.717, 1.165) is 24.8 Å². The molecule has 1 aromatic carbocycles. The first-order chi connectivity index (χ1) is 13.5. The molecule has 1 rings (SSSR count). The van der Waals surface area contributed by atoms with Gasteiger partial charge in [-0.05, 0) is 12.0 Å². The van der Waals surface area contributed by atoms with Crippen LogP contribution in [0.5, 0.6) is 0 Å². The van der Waals surface area contributed by atoms with E-state index in [4.69, 9.17) is 0 Å². The van der Waals surface area contributed by atoms with E-state index in [9.17, 15) is 19.5 Å². The van der Waals surface area contributed by atoms with Crippen molar-refractivity contribution in [3.63, 3.8) is 0 Å². The fourth-order valence-corrected chi connectivity index (χ4v) is 3.23. The van der Waals surface area contributed by atoms with E-state index in [0.29, 0.717) is 12.8 Å². The fraction of sp³-hybridized carbons (Fsp3) is 0.591. The number of aliphatic carboxylic acids is 1. The molecule has 2 amide bonds. The van der Waals surface area contributed by atoms with Gasteiger partial charge in [-0.25, -0.2) is 0 Å². The quantitative estimate of drug-likeness (QED) is 0.425. The van der Waals surface area contributed by atoms with E-state index in [1.807, 2.05) is 30.3 Å². The number of unbranched alkanes of at least 4 members (excludes halogenated alkanes) is 5. The first kappa shape index (κ1) is 23.7. The molecule has 2 atom stereocenters. The van der Waals surface area contributed by atoms with Gasteiger partial charge in [0.1, 0.15) is 6.04 Å². The Kier molecular flexibility index (Phi) is 11.6. The number of carbonyl (C=O) groups is 3. The number of hydrogen-bond donors (Lipinski definition) is 3. The Morgan fingerprint density at radius 1 is 0.964 bits per heavy atom. The Labute approximate surface area is 168 Å². The summed E-state index contributed by atoms with van der Waals surface area (Å²) in [6.45, 7) is 2.16. The van der Waals surface area contributed by atoms with Crippen molar-refractivity contribution in [2.75, 3.05) is 7.05 Å². The van der Waals surface area contributed by atoms with Crippen LogP contribution in [-0.2, 0) is 20.8 Å². The minimum atomic E-state index is -0.995.